The molecule has 96 valence electrons. The Balaban J connectivity index is 2.31. The van der Waals surface area contributed by atoms with Crippen molar-refractivity contribution in [3.05, 3.63) is 35.6 Å². The first-order chi connectivity index (χ1) is 9.09. The van der Waals surface area contributed by atoms with Gasteiger partial charge in [0.05, 0.1) is 11.0 Å². The van der Waals surface area contributed by atoms with Crippen LogP contribution in [0.15, 0.2) is 28.8 Å². The van der Waals surface area contributed by atoms with Crippen LogP contribution in [0.1, 0.15) is 16.1 Å². The summed E-state index contributed by atoms with van der Waals surface area (Å²) in [4.78, 5) is 15.7. The molecule has 3 rings (SSSR count). The third-order valence-corrected chi connectivity index (χ3v) is 3.08. The third-order valence-electron chi connectivity index (χ3n) is 3.08. The number of hydrogen-bond acceptors (Lipinski definition) is 4. The van der Waals surface area contributed by atoms with Crippen molar-refractivity contribution in [1.29, 1.82) is 0 Å². The molecule has 0 aliphatic carbocycles. The molecule has 19 heavy (non-hydrogen) atoms. The Hall–Kier alpha value is -2.63. The molecule has 0 bridgehead atoms. The van der Waals surface area contributed by atoms with E-state index in [-0.39, 0.29) is 17.0 Å². The molecule has 6 nitrogen and oxygen atoms in total. The second-order valence-corrected chi connectivity index (χ2v) is 4.25. The first kappa shape index (κ1) is 11.5. The molecule has 2 heterocycles. The molecule has 0 radical (unpaired) electrons. The standard InChI is InChI=1S/C13H11N3O3/c1-7-10(13(17)18)11(15-19-7)12-14-8-5-3-4-6-9(8)16(12)2/h3-6H,1-2H3,(H,17,18). The summed E-state index contributed by atoms with van der Waals surface area (Å²) in [6, 6.07) is 7.57. The van der Waals surface area contributed by atoms with Crippen LogP contribution in [-0.4, -0.2) is 25.8 Å². The van der Waals surface area contributed by atoms with Crippen molar-refractivity contribution in [2.45, 2.75) is 6.92 Å². The third kappa shape index (κ3) is 1.61. The second kappa shape index (κ2) is 3.94. The number of aromatic carboxylic acids is 1. The van der Waals surface area contributed by atoms with Gasteiger partial charge in [-0.15, -0.1) is 0 Å². The minimum absolute atomic E-state index is 0.0541. The zero-order valence-electron chi connectivity index (χ0n) is 10.4. The Morgan fingerprint density at radius 1 is 1.37 bits per heavy atom. The fraction of sp³-hybridized carbons (Fsp3) is 0.154. The van der Waals surface area contributed by atoms with Crippen molar-refractivity contribution in [2.75, 3.05) is 0 Å². The zero-order valence-corrected chi connectivity index (χ0v) is 10.4. The molecular formula is C13H11N3O3. The van der Waals surface area contributed by atoms with E-state index >= 15 is 0 Å². The molecule has 0 aliphatic rings. The number of carboxylic acid groups (broad SMARTS) is 1. The first-order valence-electron chi connectivity index (χ1n) is 5.71. The molecule has 0 amide bonds. The average molecular weight is 257 g/mol. The van der Waals surface area contributed by atoms with Crippen molar-refractivity contribution < 1.29 is 14.4 Å². The number of aryl methyl sites for hydroxylation is 2. The second-order valence-electron chi connectivity index (χ2n) is 4.25. The number of carbonyl (C=O) groups is 1. The van der Waals surface area contributed by atoms with Crippen LogP contribution >= 0.6 is 0 Å². The number of hydrogen-bond donors (Lipinski definition) is 1. The highest BCUT2D eigenvalue weighted by Crippen LogP contribution is 2.27. The summed E-state index contributed by atoms with van der Waals surface area (Å²) < 4.78 is 6.78. The molecule has 6 heteroatoms. The van der Waals surface area contributed by atoms with Crippen LogP contribution < -0.4 is 0 Å². The van der Waals surface area contributed by atoms with E-state index in [1.165, 1.54) is 0 Å². The minimum atomic E-state index is -1.07. The number of aromatic nitrogens is 3. The lowest BCUT2D eigenvalue weighted by Crippen LogP contribution is -2.02. The summed E-state index contributed by atoms with van der Waals surface area (Å²) in [5.74, 6) is -0.314. The van der Waals surface area contributed by atoms with E-state index in [4.69, 9.17) is 4.52 Å². The smallest absolute Gasteiger partial charge is 0.341 e. The molecule has 1 N–H and O–H groups in total. The Morgan fingerprint density at radius 3 is 2.79 bits per heavy atom. The number of para-hydroxylation sites is 2. The van der Waals surface area contributed by atoms with Gasteiger partial charge in [0.2, 0.25) is 0 Å². The Bertz CT molecular complexity index is 786. The summed E-state index contributed by atoms with van der Waals surface area (Å²) >= 11 is 0. The van der Waals surface area contributed by atoms with Gasteiger partial charge < -0.3 is 14.2 Å². The largest absolute Gasteiger partial charge is 0.477 e. The maximum atomic E-state index is 11.3. The Morgan fingerprint density at radius 2 is 2.11 bits per heavy atom. The van der Waals surface area contributed by atoms with Crippen LogP contribution in [0.5, 0.6) is 0 Å². The maximum absolute atomic E-state index is 11.3. The van der Waals surface area contributed by atoms with E-state index in [2.05, 4.69) is 10.1 Å². The van der Waals surface area contributed by atoms with Gasteiger partial charge in [0.15, 0.2) is 11.5 Å². The van der Waals surface area contributed by atoms with Crippen LogP contribution in [0.4, 0.5) is 0 Å². The number of carboxylic acids is 1. The average Bonchev–Trinajstić information content (AvgIpc) is 2.91. The Labute approximate surface area is 108 Å². The van der Waals surface area contributed by atoms with Gasteiger partial charge in [0, 0.05) is 7.05 Å². The van der Waals surface area contributed by atoms with E-state index in [1.807, 2.05) is 31.3 Å². The zero-order chi connectivity index (χ0) is 13.6. The number of rotatable bonds is 2. The lowest BCUT2D eigenvalue weighted by atomic mass is 10.2. The summed E-state index contributed by atoms with van der Waals surface area (Å²) in [7, 11) is 1.82. The van der Waals surface area contributed by atoms with Gasteiger partial charge in [0.25, 0.3) is 0 Å². The highest BCUT2D eigenvalue weighted by Gasteiger charge is 2.24. The number of fused-ring (bicyclic) bond motifs is 1. The van der Waals surface area contributed by atoms with Gasteiger partial charge in [-0.2, -0.15) is 0 Å². The van der Waals surface area contributed by atoms with Crippen LogP contribution in [0.2, 0.25) is 0 Å². The molecule has 0 unspecified atom stereocenters. The van der Waals surface area contributed by atoms with Crippen LogP contribution in [0, 0.1) is 6.92 Å². The minimum Gasteiger partial charge on any atom is -0.477 e. The van der Waals surface area contributed by atoms with Gasteiger partial charge in [-0.1, -0.05) is 17.3 Å². The Kier molecular flexibility index (Phi) is 2.38. The molecule has 0 spiro atoms. The monoisotopic (exact) mass is 257 g/mol. The topological polar surface area (TPSA) is 81.2 Å². The van der Waals surface area contributed by atoms with Crippen molar-refractivity contribution in [3.63, 3.8) is 0 Å². The van der Waals surface area contributed by atoms with E-state index in [0.29, 0.717) is 5.82 Å². The molecule has 0 aliphatic heterocycles. The first-order valence-corrected chi connectivity index (χ1v) is 5.71. The highest BCUT2D eigenvalue weighted by molar-refractivity contribution is 5.95. The number of imidazole rings is 1. The number of nitrogens with zero attached hydrogens (tertiary/aromatic N) is 3. The van der Waals surface area contributed by atoms with E-state index < -0.39 is 5.97 Å². The van der Waals surface area contributed by atoms with Crippen LogP contribution in [-0.2, 0) is 7.05 Å². The molecular weight excluding hydrogens is 246 g/mol. The van der Waals surface area contributed by atoms with E-state index in [9.17, 15) is 9.90 Å². The van der Waals surface area contributed by atoms with Gasteiger partial charge >= 0.3 is 5.97 Å². The highest BCUT2D eigenvalue weighted by atomic mass is 16.5. The van der Waals surface area contributed by atoms with Crippen molar-refractivity contribution in [2.24, 2.45) is 7.05 Å². The molecule has 0 saturated heterocycles. The van der Waals surface area contributed by atoms with Crippen molar-refractivity contribution in [3.8, 4) is 11.5 Å². The lowest BCUT2D eigenvalue weighted by Gasteiger charge is -1.99. The molecule has 2 aromatic heterocycles. The van der Waals surface area contributed by atoms with Gasteiger partial charge in [0.1, 0.15) is 11.3 Å². The van der Waals surface area contributed by atoms with Gasteiger partial charge in [-0.25, -0.2) is 9.78 Å². The SMILES string of the molecule is Cc1onc(-c2nc3ccccc3n2C)c1C(=O)O. The van der Waals surface area contributed by atoms with Crippen LogP contribution in [0.3, 0.4) is 0 Å². The summed E-state index contributed by atoms with van der Waals surface area (Å²) in [5.41, 5.74) is 2.01. The van der Waals surface area contributed by atoms with Crippen LogP contribution in [0.25, 0.3) is 22.6 Å². The molecule has 0 fully saturated rings. The quantitative estimate of drug-likeness (QED) is 0.761. The predicted octanol–water partition coefficient (Wildman–Crippen LogP) is 2.23. The molecule has 0 atom stereocenters. The van der Waals surface area contributed by atoms with Crippen molar-refractivity contribution >= 4 is 17.0 Å². The fourth-order valence-corrected chi connectivity index (χ4v) is 2.13. The normalized spacial score (nSPS) is 11.1. The molecule has 0 saturated carbocycles. The molecule has 3 aromatic rings. The fourth-order valence-electron chi connectivity index (χ4n) is 2.13. The van der Waals surface area contributed by atoms with Crippen molar-refractivity contribution in [1.82, 2.24) is 14.7 Å². The maximum Gasteiger partial charge on any atom is 0.341 e. The summed E-state index contributed by atoms with van der Waals surface area (Å²) in [6.07, 6.45) is 0. The lowest BCUT2D eigenvalue weighted by molar-refractivity contribution is 0.0695. The molecule has 1 aromatic carbocycles. The van der Waals surface area contributed by atoms with E-state index in [1.54, 1.807) is 11.5 Å². The summed E-state index contributed by atoms with van der Waals surface area (Å²) in [5, 5.41) is 13.0. The summed E-state index contributed by atoms with van der Waals surface area (Å²) in [6.45, 7) is 1.57. The predicted molar refractivity (Wildman–Crippen MR) is 67.9 cm³/mol. The van der Waals surface area contributed by atoms with E-state index in [0.717, 1.165) is 11.0 Å². The van der Waals surface area contributed by atoms with Gasteiger partial charge in [-0.3, -0.25) is 0 Å². The van der Waals surface area contributed by atoms with Gasteiger partial charge in [-0.05, 0) is 19.1 Å². The number of benzene rings is 1.